The zero-order valence-electron chi connectivity index (χ0n) is 14.9. The first-order chi connectivity index (χ1) is 12.1. The van der Waals surface area contributed by atoms with Gasteiger partial charge in [-0.05, 0) is 50.8 Å². The summed E-state index contributed by atoms with van der Waals surface area (Å²) in [4.78, 5) is 14.4. The Morgan fingerprint density at radius 1 is 1.28 bits per heavy atom. The van der Waals surface area contributed by atoms with Gasteiger partial charge < -0.3 is 9.15 Å². The van der Waals surface area contributed by atoms with Gasteiger partial charge in [-0.25, -0.2) is 0 Å². The maximum atomic E-state index is 12.2. The van der Waals surface area contributed by atoms with E-state index in [1.54, 1.807) is 6.92 Å². The van der Waals surface area contributed by atoms with Crippen molar-refractivity contribution in [2.75, 3.05) is 13.1 Å². The molecule has 0 N–H and O–H groups in total. The van der Waals surface area contributed by atoms with Crippen LogP contribution in [0.1, 0.15) is 37.1 Å². The van der Waals surface area contributed by atoms with Crippen molar-refractivity contribution in [1.29, 1.82) is 0 Å². The fourth-order valence-electron chi connectivity index (χ4n) is 3.29. The molecule has 1 aromatic heterocycles. The van der Waals surface area contributed by atoms with Crippen LogP contribution in [-0.2, 0) is 22.6 Å². The highest BCUT2D eigenvalue weighted by Crippen LogP contribution is 2.23. The molecule has 1 aromatic carbocycles. The van der Waals surface area contributed by atoms with Crippen LogP contribution >= 0.6 is 0 Å². The van der Waals surface area contributed by atoms with Crippen LogP contribution in [-0.4, -0.2) is 40.2 Å². The third-order valence-electron chi connectivity index (χ3n) is 4.81. The lowest BCUT2D eigenvalue weighted by Crippen LogP contribution is -2.44. The van der Waals surface area contributed by atoms with Crippen molar-refractivity contribution in [2.45, 2.75) is 45.8 Å². The van der Waals surface area contributed by atoms with Crippen LogP contribution in [0.3, 0.4) is 0 Å². The molecular formula is C19H25N3O3. The van der Waals surface area contributed by atoms with E-state index in [0.29, 0.717) is 17.7 Å². The first-order valence-corrected chi connectivity index (χ1v) is 8.85. The number of hydrogen-bond acceptors (Lipinski definition) is 6. The summed E-state index contributed by atoms with van der Waals surface area (Å²) >= 11 is 0. The van der Waals surface area contributed by atoms with Gasteiger partial charge in [-0.3, -0.25) is 9.69 Å². The number of benzene rings is 1. The van der Waals surface area contributed by atoms with Gasteiger partial charge in [0, 0.05) is 6.92 Å². The molecule has 0 radical (unpaired) electrons. The average molecular weight is 343 g/mol. The van der Waals surface area contributed by atoms with Crippen molar-refractivity contribution >= 4 is 5.97 Å². The Kier molecular flexibility index (Phi) is 5.81. The smallest absolute Gasteiger partial charge is 0.323 e. The van der Waals surface area contributed by atoms with Gasteiger partial charge in [-0.2, -0.15) is 0 Å². The van der Waals surface area contributed by atoms with Gasteiger partial charge in [0.1, 0.15) is 6.04 Å². The molecule has 0 bridgehead atoms. The monoisotopic (exact) mass is 343 g/mol. The Morgan fingerprint density at radius 2 is 2.00 bits per heavy atom. The van der Waals surface area contributed by atoms with Gasteiger partial charge in [-0.15, -0.1) is 10.2 Å². The number of ether oxygens (including phenoxy) is 1. The quantitative estimate of drug-likeness (QED) is 0.751. The normalized spacial score (nSPS) is 17.4. The van der Waals surface area contributed by atoms with Gasteiger partial charge >= 0.3 is 5.97 Å². The third kappa shape index (κ3) is 4.89. The standard InChI is InChI=1S/C19H25N3O3/c1-14(19(23)24-13-18-21-20-15(2)25-18)22-10-8-17(9-11-22)12-16-6-4-3-5-7-16/h3-7,14,17H,8-13H2,1-2H3. The Labute approximate surface area is 148 Å². The lowest BCUT2D eigenvalue weighted by Gasteiger charge is -2.34. The molecule has 1 fully saturated rings. The molecule has 0 saturated carbocycles. The second kappa shape index (κ2) is 8.25. The molecule has 6 nitrogen and oxygen atoms in total. The summed E-state index contributed by atoms with van der Waals surface area (Å²) < 4.78 is 10.5. The van der Waals surface area contributed by atoms with E-state index in [-0.39, 0.29) is 18.6 Å². The maximum Gasteiger partial charge on any atom is 0.323 e. The number of piperidine rings is 1. The first-order valence-electron chi connectivity index (χ1n) is 8.85. The van der Waals surface area contributed by atoms with Crippen LogP contribution in [0.4, 0.5) is 0 Å². The van der Waals surface area contributed by atoms with Gasteiger partial charge in [0.05, 0.1) is 0 Å². The molecule has 2 aromatic rings. The minimum Gasteiger partial charge on any atom is -0.454 e. The number of hydrogen-bond donors (Lipinski definition) is 0. The zero-order valence-corrected chi connectivity index (χ0v) is 14.9. The molecule has 1 saturated heterocycles. The summed E-state index contributed by atoms with van der Waals surface area (Å²) in [5.41, 5.74) is 1.39. The van der Waals surface area contributed by atoms with Crippen LogP contribution in [0.5, 0.6) is 0 Å². The Hall–Kier alpha value is -2.21. The SMILES string of the molecule is Cc1nnc(COC(=O)C(C)N2CCC(Cc3ccccc3)CC2)o1. The van der Waals surface area contributed by atoms with E-state index in [2.05, 4.69) is 45.4 Å². The van der Waals surface area contributed by atoms with Gasteiger partial charge in [-0.1, -0.05) is 30.3 Å². The van der Waals surface area contributed by atoms with Crippen LogP contribution in [0, 0.1) is 12.8 Å². The van der Waals surface area contributed by atoms with E-state index < -0.39 is 0 Å². The first kappa shape index (κ1) is 17.6. The predicted molar refractivity (Wildman–Crippen MR) is 92.7 cm³/mol. The molecule has 134 valence electrons. The van der Waals surface area contributed by atoms with Crippen molar-refractivity contribution in [3.05, 3.63) is 47.7 Å². The van der Waals surface area contributed by atoms with E-state index in [9.17, 15) is 4.79 Å². The van der Waals surface area contributed by atoms with E-state index in [0.717, 1.165) is 32.4 Å². The van der Waals surface area contributed by atoms with Gasteiger partial charge in [0.15, 0.2) is 6.61 Å². The van der Waals surface area contributed by atoms with Crippen LogP contribution in [0.25, 0.3) is 0 Å². The maximum absolute atomic E-state index is 12.2. The second-order valence-electron chi connectivity index (χ2n) is 6.67. The summed E-state index contributed by atoms with van der Waals surface area (Å²) in [7, 11) is 0. The Bertz CT molecular complexity index is 678. The van der Waals surface area contributed by atoms with Gasteiger partial charge in [0.25, 0.3) is 5.89 Å². The Balaban J connectivity index is 1.42. The van der Waals surface area contributed by atoms with Crippen LogP contribution in [0.2, 0.25) is 0 Å². The van der Waals surface area contributed by atoms with Crippen molar-refractivity contribution in [3.8, 4) is 0 Å². The fraction of sp³-hybridized carbons (Fsp3) is 0.526. The summed E-state index contributed by atoms with van der Waals surface area (Å²) in [5, 5.41) is 7.56. The van der Waals surface area contributed by atoms with Crippen molar-refractivity contribution in [2.24, 2.45) is 5.92 Å². The summed E-state index contributed by atoms with van der Waals surface area (Å²) in [5.74, 6) is 1.25. The van der Waals surface area contributed by atoms with Crippen molar-refractivity contribution in [3.63, 3.8) is 0 Å². The van der Waals surface area contributed by atoms with Crippen LogP contribution < -0.4 is 0 Å². The summed E-state index contributed by atoms with van der Waals surface area (Å²) in [6, 6.07) is 10.4. The largest absolute Gasteiger partial charge is 0.454 e. The highest BCUT2D eigenvalue weighted by Gasteiger charge is 2.27. The predicted octanol–water partition coefficient (Wildman–Crippen LogP) is 2.76. The molecule has 2 heterocycles. The van der Waals surface area contributed by atoms with Crippen molar-refractivity contribution < 1.29 is 13.9 Å². The van der Waals surface area contributed by atoms with Crippen LogP contribution in [0.15, 0.2) is 34.7 Å². The number of carbonyl (C=O) groups is 1. The highest BCUT2D eigenvalue weighted by atomic mass is 16.5. The minimum absolute atomic E-state index is 0.0362. The highest BCUT2D eigenvalue weighted by molar-refractivity contribution is 5.75. The molecule has 1 aliphatic heterocycles. The number of nitrogens with zero attached hydrogens (tertiary/aromatic N) is 3. The second-order valence-corrected chi connectivity index (χ2v) is 6.67. The number of esters is 1. The minimum atomic E-state index is -0.248. The Morgan fingerprint density at radius 3 is 2.64 bits per heavy atom. The molecule has 0 spiro atoms. The third-order valence-corrected chi connectivity index (χ3v) is 4.81. The molecule has 0 amide bonds. The average Bonchev–Trinajstić information content (AvgIpc) is 3.06. The molecule has 1 unspecified atom stereocenters. The van der Waals surface area contributed by atoms with Crippen molar-refractivity contribution in [1.82, 2.24) is 15.1 Å². The zero-order chi connectivity index (χ0) is 17.6. The van der Waals surface area contributed by atoms with E-state index in [1.807, 2.05) is 6.92 Å². The summed E-state index contributed by atoms with van der Waals surface area (Å²) in [6.07, 6.45) is 3.33. The lowest BCUT2D eigenvalue weighted by molar-refractivity contribution is -0.152. The number of aryl methyl sites for hydroxylation is 1. The number of aromatic nitrogens is 2. The molecule has 3 rings (SSSR count). The molecule has 6 heteroatoms. The number of likely N-dealkylation sites (tertiary alicyclic amines) is 1. The lowest BCUT2D eigenvalue weighted by atomic mass is 9.89. The number of rotatable bonds is 6. The molecule has 1 aliphatic rings. The van der Waals surface area contributed by atoms with E-state index >= 15 is 0 Å². The topological polar surface area (TPSA) is 68.5 Å². The summed E-state index contributed by atoms with van der Waals surface area (Å²) in [6.45, 7) is 5.49. The fourth-order valence-corrected chi connectivity index (χ4v) is 3.29. The molecule has 0 aliphatic carbocycles. The van der Waals surface area contributed by atoms with E-state index in [4.69, 9.17) is 9.15 Å². The molecule has 25 heavy (non-hydrogen) atoms. The van der Waals surface area contributed by atoms with E-state index in [1.165, 1.54) is 5.56 Å². The van der Waals surface area contributed by atoms with Gasteiger partial charge in [0.2, 0.25) is 5.89 Å². The molecular weight excluding hydrogens is 318 g/mol. The molecule has 1 atom stereocenters. The number of carbonyl (C=O) groups excluding carboxylic acids is 1.